The van der Waals surface area contributed by atoms with Crippen LogP contribution < -0.4 is 14.8 Å². The third-order valence-corrected chi connectivity index (χ3v) is 7.39. The van der Waals surface area contributed by atoms with Gasteiger partial charge in [0.15, 0.2) is 11.6 Å². The van der Waals surface area contributed by atoms with Crippen molar-refractivity contribution < 1.29 is 23.5 Å². The van der Waals surface area contributed by atoms with Crippen molar-refractivity contribution in [3.63, 3.8) is 0 Å². The number of hydrogen-bond acceptors (Lipinski definition) is 6. The average molecular weight is 556 g/mol. The maximum atomic E-state index is 14.7. The number of halogens is 1. The number of aryl methyl sites for hydroxylation is 1. The molecular formula is C31H30FN5O4. The number of carbonyl (C=O) groups is 2. The van der Waals surface area contributed by atoms with Crippen LogP contribution in [0.15, 0.2) is 73.3 Å². The Kier molecular flexibility index (Phi) is 7.62. The van der Waals surface area contributed by atoms with Gasteiger partial charge in [-0.2, -0.15) is 0 Å². The molecule has 0 radical (unpaired) electrons. The minimum atomic E-state index is -0.505. The third kappa shape index (κ3) is 6.06. The second-order valence-corrected chi connectivity index (χ2v) is 10.2. The number of aromatic nitrogens is 3. The molecule has 4 heterocycles. The molecule has 4 aromatic rings. The molecular weight excluding hydrogens is 525 g/mol. The number of hydrogen-bond donors (Lipinski definition) is 1. The first-order valence-electron chi connectivity index (χ1n) is 13.7. The molecule has 1 atom stereocenters. The summed E-state index contributed by atoms with van der Waals surface area (Å²) in [4.78, 5) is 27.9. The van der Waals surface area contributed by atoms with Crippen molar-refractivity contribution in [3.05, 3.63) is 101 Å². The van der Waals surface area contributed by atoms with Crippen LogP contribution in [0.5, 0.6) is 17.2 Å². The fourth-order valence-corrected chi connectivity index (χ4v) is 5.38. The molecule has 10 heteroatoms. The first-order valence-corrected chi connectivity index (χ1v) is 13.7. The number of benzene rings is 3. The summed E-state index contributed by atoms with van der Waals surface area (Å²) in [5.74, 6) is 0.611. The number of ether oxygens (including phenoxy) is 2. The van der Waals surface area contributed by atoms with E-state index >= 15 is 0 Å². The third-order valence-electron chi connectivity index (χ3n) is 7.39. The van der Waals surface area contributed by atoms with E-state index in [-0.39, 0.29) is 30.0 Å². The minimum absolute atomic E-state index is 0.0222. The van der Waals surface area contributed by atoms with Crippen molar-refractivity contribution in [1.29, 1.82) is 0 Å². The van der Waals surface area contributed by atoms with Crippen LogP contribution in [0.4, 0.5) is 4.39 Å². The second-order valence-electron chi connectivity index (χ2n) is 10.2. The number of rotatable bonds is 3. The van der Waals surface area contributed by atoms with Gasteiger partial charge in [0, 0.05) is 26.1 Å². The molecule has 1 N–H and O–H groups in total. The standard InChI is InChI=1S/C31H30FN5O4/c32-27-8-5-21-15-28(27)41-25-6-7-26-22(17-25)9-13-37(30(39)10-12-36-19-34-35-20-36)31(26)23-3-1-4-24(18-23)40-14-2-11-33-29(38)16-21/h1,3-8,15,17-20,31H,2,9-14,16H2,(H,33,38). The lowest BCUT2D eigenvalue weighted by molar-refractivity contribution is -0.133. The van der Waals surface area contributed by atoms with E-state index in [2.05, 4.69) is 15.5 Å². The van der Waals surface area contributed by atoms with E-state index < -0.39 is 5.82 Å². The normalized spacial score (nSPS) is 17.0. The van der Waals surface area contributed by atoms with Gasteiger partial charge in [0.05, 0.1) is 19.1 Å². The van der Waals surface area contributed by atoms with E-state index in [1.54, 1.807) is 35.4 Å². The Labute approximate surface area is 236 Å². The van der Waals surface area contributed by atoms with Crippen molar-refractivity contribution in [2.45, 2.75) is 38.3 Å². The van der Waals surface area contributed by atoms with Gasteiger partial charge in [-0.1, -0.05) is 24.3 Å². The van der Waals surface area contributed by atoms with Crippen LogP contribution in [0.1, 0.15) is 41.1 Å². The zero-order valence-electron chi connectivity index (χ0n) is 22.5. The van der Waals surface area contributed by atoms with E-state index in [9.17, 15) is 14.0 Å². The van der Waals surface area contributed by atoms with E-state index in [4.69, 9.17) is 9.47 Å². The molecule has 1 aromatic heterocycles. The molecule has 1 unspecified atom stereocenters. The summed E-state index contributed by atoms with van der Waals surface area (Å²) in [5.41, 5.74) is 3.60. The Morgan fingerprint density at radius 3 is 2.80 bits per heavy atom. The van der Waals surface area contributed by atoms with Crippen LogP contribution in [-0.2, 0) is 29.0 Å². The van der Waals surface area contributed by atoms with Crippen LogP contribution in [0.3, 0.4) is 0 Å². The van der Waals surface area contributed by atoms with Crippen LogP contribution in [0, 0.1) is 5.82 Å². The van der Waals surface area contributed by atoms with E-state index in [0.29, 0.717) is 62.6 Å². The summed E-state index contributed by atoms with van der Waals surface area (Å²) in [6.07, 6.45) is 4.87. The summed E-state index contributed by atoms with van der Waals surface area (Å²) >= 11 is 0. The monoisotopic (exact) mass is 555 g/mol. The quantitative estimate of drug-likeness (QED) is 0.407. The molecule has 3 aliphatic rings. The highest BCUT2D eigenvalue weighted by Crippen LogP contribution is 2.39. The Morgan fingerprint density at radius 1 is 1.05 bits per heavy atom. The molecule has 0 saturated carbocycles. The van der Waals surface area contributed by atoms with Crippen LogP contribution in [0.2, 0.25) is 0 Å². The average Bonchev–Trinajstić information content (AvgIpc) is 3.50. The number of nitrogens with one attached hydrogen (secondary N) is 1. The summed E-state index contributed by atoms with van der Waals surface area (Å²) in [6, 6.07) is 17.6. The van der Waals surface area contributed by atoms with Crippen molar-refractivity contribution >= 4 is 11.8 Å². The smallest absolute Gasteiger partial charge is 0.225 e. The Morgan fingerprint density at radius 2 is 1.93 bits per heavy atom. The molecule has 0 spiro atoms. The highest BCUT2D eigenvalue weighted by Gasteiger charge is 2.32. The number of carbonyl (C=O) groups excluding carboxylic acids is 2. The number of fused-ring (bicyclic) bond motifs is 7. The van der Waals surface area contributed by atoms with Gasteiger partial charge in [-0.15, -0.1) is 10.2 Å². The zero-order valence-corrected chi connectivity index (χ0v) is 22.5. The molecule has 210 valence electrons. The predicted molar refractivity (Wildman–Crippen MR) is 148 cm³/mol. The van der Waals surface area contributed by atoms with Gasteiger partial charge in [0.2, 0.25) is 11.8 Å². The fourth-order valence-electron chi connectivity index (χ4n) is 5.38. The number of amides is 2. The molecule has 0 fully saturated rings. The summed E-state index contributed by atoms with van der Waals surface area (Å²) in [7, 11) is 0. The van der Waals surface area contributed by atoms with Crippen molar-refractivity contribution in [1.82, 2.24) is 25.0 Å². The zero-order chi connectivity index (χ0) is 28.2. The lowest BCUT2D eigenvalue weighted by Gasteiger charge is -2.38. The molecule has 7 rings (SSSR count). The fraction of sp³-hybridized carbons (Fsp3) is 0.290. The SMILES string of the molecule is O=C1Cc2ccc(F)c(c2)Oc2ccc3c(c2)CCN(C(=O)CCn2cnnc2)C3c2cccc(c2)OCCCN1. The van der Waals surface area contributed by atoms with E-state index in [1.165, 1.54) is 6.07 Å². The second kappa shape index (κ2) is 11.8. The topological polar surface area (TPSA) is 98.6 Å². The number of nitrogens with zero attached hydrogens (tertiary/aromatic N) is 4. The van der Waals surface area contributed by atoms with Crippen LogP contribution >= 0.6 is 0 Å². The van der Waals surface area contributed by atoms with Crippen molar-refractivity contribution in [3.8, 4) is 17.2 Å². The Bertz CT molecular complexity index is 1560. The first-order chi connectivity index (χ1) is 20.0. The largest absolute Gasteiger partial charge is 0.494 e. The molecule has 8 bridgehead atoms. The van der Waals surface area contributed by atoms with E-state index in [0.717, 1.165) is 16.7 Å². The lowest BCUT2D eigenvalue weighted by atomic mass is 9.87. The van der Waals surface area contributed by atoms with Crippen LogP contribution in [0.25, 0.3) is 0 Å². The lowest BCUT2D eigenvalue weighted by Crippen LogP contribution is -2.41. The van der Waals surface area contributed by atoms with Crippen molar-refractivity contribution in [2.24, 2.45) is 0 Å². The summed E-state index contributed by atoms with van der Waals surface area (Å²) in [5, 5.41) is 10.5. The highest BCUT2D eigenvalue weighted by atomic mass is 19.1. The molecule has 2 amide bonds. The molecule has 41 heavy (non-hydrogen) atoms. The van der Waals surface area contributed by atoms with Crippen molar-refractivity contribution in [2.75, 3.05) is 19.7 Å². The van der Waals surface area contributed by atoms with Gasteiger partial charge >= 0.3 is 0 Å². The molecule has 9 nitrogen and oxygen atoms in total. The highest BCUT2D eigenvalue weighted by molar-refractivity contribution is 5.79. The minimum Gasteiger partial charge on any atom is -0.494 e. The van der Waals surface area contributed by atoms with Gasteiger partial charge in [0.1, 0.15) is 24.2 Å². The Hall–Kier alpha value is -4.73. The predicted octanol–water partition coefficient (Wildman–Crippen LogP) is 4.22. The summed E-state index contributed by atoms with van der Waals surface area (Å²) < 4.78 is 28.5. The van der Waals surface area contributed by atoms with Gasteiger partial charge < -0.3 is 24.3 Å². The van der Waals surface area contributed by atoms with Gasteiger partial charge in [-0.25, -0.2) is 4.39 Å². The Balaban J connectivity index is 1.36. The molecule has 0 aliphatic carbocycles. The van der Waals surface area contributed by atoms with Gasteiger partial charge in [-0.05, 0) is 71.5 Å². The molecule has 3 aromatic carbocycles. The van der Waals surface area contributed by atoms with Crippen LogP contribution in [-0.4, -0.2) is 51.2 Å². The first kappa shape index (κ1) is 26.5. The van der Waals surface area contributed by atoms with Gasteiger partial charge in [0.25, 0.3) is 0 Å². The molecule has 0 saturated heterocycles. The maximum absolute atomic E-state index is 14.7. The molecule has 3 aliphatic heterocycles. The maximum Gasteiger partial charge on any atom is 0.225 e. The summed E-state index contributed by atoms with van der Waals surface area (Å²) in [6.45, 7) is 1.88. The van der Waals surface area contributed by atoms with E-state index in [1.807, 2.05) is 41.3 Å². The van der Waals surface area contributed by atoms with Gasteiger partial charge in [-0.3, -0.25) is 9.59 Å².